The van der Waals surface area contributed by atoms with Gasteiger partial charge in [-0.05, 0) is 48.2 Å². The molecule has 2 aromatic carbocycles. The van der Waals surface area contributed by atoms with Gasteiger partial charge in [-0.15, -0.1) is 0 Å². The minimum absolute atomic E-state index is 0.155. The maximum atomic E-state index is 12.8. The van der Waals surface area contributed by atoms with Gasteiger partial charge in [-0.25, -0.2) is 4.79 Å². The Morgan fingerprint density at radius 3 is 2.67 bits per heavy atom. The van der Waals surface area contributed by atoms with Crippen LogP contribution in [0.5, 0.6) is 11.8 Å². The van der Waals surface area contributed by atoms with Gasteiger partial charge >= 0.3 is 17.7 Å². The van der Waals surface area contributed by atoms with Crippen molar-refractivity contribution in [2.24, 2.45) is 0 Å². The van der Waals surface area contributed by atoms with Gasteiger partial charge in [0, 0.05) is 32.7 Å². The zero-order chi connectivity index (χ0) is 31.8. The number of imidazole rings is 1. The summed E-state index contributed by atoms with van der Waals surface area (Å²) < 4.78 is 17.9. The molecule has 5 rings (SSSR count). The highest BCUT2D eigenvalue weighted by Gasteiger charge is 2.19. The lowest BCUT2D eigenvalue weighted by molar-refractivity contribution is -0.139. The van der Waals surface area contributed by atoms with E-state index in [1.807, 2.05) is 42.5 Å². The van der Waals surface area contributed by atoms with Crippen molar-refractivity contribution in [3.63, 3.8) is 0 Å². The zero-order valence-corrected chi connectivity index (χ0v) is 26.0. The highest BCUT2D eigenvalue weighted by atomic mass is 16.5. The topological polar surface area (TPSA) is 167 Å². The van der Waals surface area contributed by atoms with E-state index >= 15 is 0 Å². The van der Waals surface area contributed by atoms with E-state index < -0.39 is 0 Å². The number of nitrogens with two attached hydrogens (primary N) is 2. The van der Waals surface area contributed by atoms with Crippen molar-refractivity contribution in [3.05, 3.63) is 64.1 Å². The van der Waals surface area contributed by atoms with Crippen molar-refractivity contribution >= 4 is 34.3 Å². The Labute approximate surface area is 262 Å². The van der Waals surface area contributed by atoms with Crippen LogP contribution in [0.25, 0.3) is 11.2 Å². The summed E-state index contributed by atoms with van der Waals surface area (Å²) >= 11 is 0. The molecule has 240 valence electrons. The smallest absolute Gasteiger partial charge is 0.328 e. The summed E-state index contributed by atoms with van der Waals surface area (Å²) in [4.78, 5) is 40.5. The molecule has 13 nitrogen and oxygen atoms in total. The molecular formula is C32H42N8O5. The van der Waals surface area contributed by atoms with Crippen LogP contribution in [-0.2, 0) is 22.5 Å². The number of nitrogen functional groups attached to an aromatic ring is 2. The lowest BCUT2D eigenvalue weighted by atomic mass is 10.1. The van der Waals surface area contributed by atoms with E-state index in [0.29, 0.717) is 30.1 Å². The van der Waals surface area contributed by atoms with E-state index in [4.69, 9.17) is 25.7 Å². The van der Waals surface area contributed by atoms with Crippen molar-refractivity contribution in [2.45, 2.75) is 39.2 Å². The number of carbonyl (C=O) groups excluding carboxylic acids is 1. The lowest BCUT2D eigenvalue weighted by Crippen LogP contribution is -2.33. The van der Waals surface area contributed by atoms with Crippen LogP contribution in [0, 0.1) is 0 Å². The Kier molecular flexibility index (Phi) is 10.4. The number of rotatable bonds is 13. The number of ether oxygens (including phenoxy) is 3. The summed E-state index contributed by atoms with van der Waals surface area (Å²) in [6.07, 6.45) is 3.06. The first kappa shape index (κ1) is 31.6. The van der Waals surface area contributed by atoms with Gasteiger partial charge in [0.1, 0.15) is 17.9 Å². The molecule has 2 aromatic heterocycles. The van der Waals surface area contributed by atoms with Crippen LogP contribution < -0.4 is 31.5 Å². The molecule has 0 unspecified atom stereocenters. The van der Waals surface area contributed by atoms with Crippen molar-refractivity contribution in [2.75, 3.05) is 69.4 Å². The number of aromatic amines is 1. The molecule has 1 saturated heterocycles. The quantitative estimate of drug-likeness (QED) is 0.115. The van der Waals surface area contributed by atoms with E-state index in [1.165, 1.54) is 11.7 Å². The molecule has 0 saturated carbocycles. The summed E-state index contributed by atoms with van der Waals surface area (Å²) in [5.74, 6) is 0.639. The zero-order valence-electron chi connectivity index (χ0n) is 26.0. The summed E-state index contributed by atoms with van der Waals surface area (Å²) in [5, 5.41) is 0. The maximum Gasteiger partial charge on any atom is 0.328 e. The molecule has 0 amide bonds. The van der Waals surface area contributed by atoms with Crippen LogP contribution in [0.1, 0.15) is 37.3 Å². The fourth-order valence-corrected chi connectivity index (χ4v) is 5.43. The molecule has 1 aliphatic heterocycles. The maximum absolute atomic E-state index is 12.8. The standard InChI is InChI=1S/C32H42N8O5/c1-3-4-16-45-31-36-29(34)28-30(37-31)40(32(42)35-28)21-23-9-10-26(25(33)19-23)39-12-6-11-38(13-14-39)15-17-44-24-8-5-7-22(18-24)20-27(41)43-2/h5,7-10,18-19H,3-4,6,11-17,20-21,33H2,1-2H3,(H,35,42)(H2,34,36,37). The minimum atomic E-state index is -0.329. The van der Waals surface area contributed by atoms with Crippen LogP contribution >= 0.6 is 0 Å². The van der Waals surface area contributed by atoms with Crippen LogP contribution in [0.15, 0.2) is 47.3 Å². The first-order valence-electron chi connectivity index (χ1n) is 15.4. The number of unbranched alkanes of at least 4 members (excludes halogenated alkanes) is 1. The number of carbonyl (C=O) groups is 1. The van der Waals surface area contributed by atoms with E-state index in [-0.39, 0.29) is 36.5 Å². The van der Waals surface area contributed by atoms with E-state index in [0.717, 1.165) is 74.6 Å². The number of H-pyrrole nitrogens is 1. The van der Waals surface area contributed by atoms with Gasteiger partial charge in [0.2, 0.25) is 0 Å². The number of hydrogen-bond donors (Lipinski definition) is 3. The number of nitrogens with zero attached hydrogens (tertiary/aromatic N) is 5. The van der Waals surface area contributed by atoms with Crippen LogP contribution in [-0.4, -0.2) is 83.4 Å². The Hall–Kier alpha value is -4.78. The Bertz CT molecular complexity index is 1670. The molecule has 13 heteroatoms. The molecule has 4 aromatic rings. The molecule has 45 heavy (non-hydrogen) atoms. The third-order valence-electron chi connectivity index (χ3n) is 7.87. The number of anilines is 3. The second-order valence-electron chi connectivity index (χ2n) is 11.1. The van der Waals surface area contributed by atoms with Crippen molar-refractivity contribution in [1.29, 1.82) is 0 Å². The predicted octanol–water partition coefficient (Wildman–Crippen LogP) is 2.82. The fourth-order valence-electron chi connectivity index (χ4n) is 5.43. The first-order valence-corrected chi connectivity index (χ1v) is 15.4. The second-order valence-corrected chi connectivity index (χ2v) is 11.1. The summed E-state index contributed by atoms with van der Waals surface area (Å²) in [6, 6.07) is 13.6. The number of aromatic nitrogens is 4. The van der Waals surface area contributed by atoms with Crippen LogP contribution in [0.2, 0.25) is 0 Å². The lowest BCUT2D eigenvalue weighted by Gasteiger charge is -2.25. The Morgan fingerprint density at radius 1 is 1.00 bits per heavy atom. The number of methoxy groups -OCH3 is 1. The molecule has 0 aliphatic carbocycles. The summed E-state index contributed by atoms with van der Waals surface area (Å²) in [6.45, 7) is 7.71. The van der Waals surface area contributed by atoms with E-state index in [1.54, 1.807) is 0 Å². The van der Waals surface area contributed by atoms with Crippen molar-refractivity contribution in [3.8, 4) is 11.8 Å². The van der Waals surface area contributed by atoms with Gasteiger partial charge in [0.25, 0.3) is 0 Å². The number of benzene rings is 2. The number of hydrogen-bond acceptors (Lipinski definition) is 11. The fraction of sp³-hybridized carbons (Fsp3) is 0.438. The molecular weight excluding hydrogens is 576 g/mol. The van der Waals surface area contributed by atoms with Gasteiger partial charge in [0.15, 0.2) is 11.5 Å². The van der Waals surface area contributed by atoms with Crippen LogP contribution in [0.4, 0.5) is 17.2 Å². The normalized spacial score (nSPS) is 14.0. The van der Waals surface area contributed by atoms with Gasteiger partial charge in [-0.2, -0.15) is 9.97 Å². The molecule has 3 heterocycles. The third kappa shape index (κ3) is 8.04. The molecule has 0 spiro atoms. The molecule has 0 bridgehead atoms. The molecule has 0 radical (unpaired) electrons. The minimum Gasteiger partial charge on any atom is -0.492 e. The largest absolute Gasteiger partial charge is 0.492 e. The van der Waals surface area contributed by atoms with Crippen LogP contribution in [0.3, 0.4) is 0 Å². The molecule has 1 fully saturated rings. The molecule has 1 aliphatic rings. The van der Waals surface area contributed by atoms with Gasteiger partial charge in [-0.1, -0.05) is 31.5 Å². The Morgan fingerprint density at radius 2 is 1.87 bits per heavy atom. The van der Waals surface area contributed by atoms with Crippen molar-refractivity contribution < 1.29 is 19.0 Å². The molecule has 0 atom stereocenters. The summed E-state index contributed by atoms with van der Waals surface area (Å²) in [5.41, 5.74) is 16.5. The molecule has 5 N–H and O–H groups in total. The highest BCUT2D eigenvalue weighted by molar-refractivity contribution is 5.82. The van der Waals surface area contributed by atoms with Gasteiger partial charge in [0.05, 0.1) is 38.1 Å². The number of fused-ring (bicyclic) bond motifs is 1. The predicted molar refractivity (Wildman–Crippen MR) is 174 cm³/mol. The van der Waals surface area contributed by atoms with Gasteiger partial charge < -0.3 is 35.6 Å². The third-order valence-corrected chi connectivity index (χ3v) is 7.87. The highest BCUT2D eigenvalue weighted by Crippen LogP contribution is 2.27. The number of esters is 1. The monoisotopic (exact) mass is 618 g/mol. The average molecular weight is 619 g/mol. The number of nitrogens with one attached hydrogen (secondary N) is 1. The average Bonchev–Trinajstić information content (AvgIpc) is 3.17. The first-order chi connectivity index (χ1) is 21.8. The second kappa shape index (κ2) is 14.8. The van der Waals surface area contributed by atoms with Crippen molar-refractivity contribution in [1.82, 2.24) is 24.4 Å². The van der Waals surface area contributed by atoms with Gasteiger partial charge in [-0.3, -0.25) is 14.3 Å². The Balaban J connectivity index is 1.18. The van der Waals surface area contributed by atoms with E-state index in [2.05, 4.69) is 31.7 Å². The SMILES string of the molecule is CCCCOc1nc(N)c2[nH]c(=O)n(Cc3ccc(N4CCCN(CCOc5cccc(CC(=O)OC)c5)CC4)c(N)c3)c2n1. The summed E-state index contributed by atoms with van der Waals surface area (Å²) in [7, 11) is 1.39. The van der Waals surface area contributed by atoms with E-state index in [9.17, 15) is 9.59 Å².